The Hall–Kier alpha value is -4.41. The maximum absolute atomic E-state index is 13.3. The number of alkyl halides is 3. The van der Waals surface area contributed by atoms with E-state index in [9.17, 15) is 32.8 Å². The molecule has 3 amide bonds. The summed E-state index contributed by atoms with van der Waals surface area (Å²) in [6, 6.07) is 16.6. The van der Waals surface area contributed by atoms with E-state index in [1.54, 1.807) is 36.4 Å². The Morgan fingerprint density at radius 2 is 1.49 bits per heavy atom. The van der Waals surface area contributed by atoms with E-state index >= 15 is 0 Å². The van der Waals surface area contributed by atoms with Crippen molar-refractivity contribution in [2.75, 3.05) is 32.7 Å². The molecule has 0 bridgehead atoms. The zero-order chi connectivity index (χ0) is 26.6. The first kappa shape index (κ1) is 25.7. The largest absolute Gasteiger partial charge is 0.618 e. The van der Waals surface area contributed by atoms with E-state index in [1.807, 2.05) is 0 Å². The molecule has 0 unspecified atom stereocenters. The average molecular weight is 512 g/mol. The van der Waals surface area contributed by atoms with Crippen molar-refractivity contribution in [2.45, 2.75) is 6.18 Å². The minimum atomic E-state index is -4.66. The molecule has 3 aromatic rings. The Kier molecular flexibility index (Phi) is 7.42. The fourth-order valence-corrected chi connectivity index (χ4v) is 4.16. The molecule has 4 rings (SSSR count). The van der Waals surface area contributed by atoms with Crippen LogP contribution in [0.2, 0.25) is 0 Å². The summed E-state index contributed by atoms with van der Waals surface area (Å²) in [4.78, 5) is 40.9. The lowest BCUT2D eigenvalue weighted by Gasteiger charge is -2.35. The van der Waals surface area contributed by atoms with Gasteiger partial charge in [0, 0.05) is 32.2 Å². The van der Waals surface area contributed by atoms with Gasteiger partial charge in [0.25, 0.3) is 11.6 Å². The number of halogens is 3. The van der Waals surface area contributed by atoms with Gasteiger partial charge < -0.3 is 20.3 Å². The minimum Gasteiger partial charge on any atom is -0.618 e. The number of benzene rings is 2. The van der Waals surface area contributed by atoms with E-state index in [4.69, 9.17) is 0 Å². The summed E-state index contributed by atoms with van der Waals surface area (Å²) in [5.41, 5.74) is -0.524. The molecule has 192 valence electrons. The highest BCUT2D eigenvalue weighted by molar-refractivity contribution is 5.99. The molecule has 1 aliphatic heterocycles. The quantitative estimate of drug-likeness (QED) is 0.420. The molecule has 1 aliphatic rings. The minimum absolute atomic E-state index is 0.0438. The number of carbonyl (C=O) groups is 3. The van der Waals surface area contributed by atoms with Crippen molar-refractivity contribution in [3.63, 3.8) is 0 Å². The van der Waals surface area contributed by atoms with Crippen LogP contribution in [0.25, 0.3) is 11.1 Å². The number of hydrogen-bond acceptors (Lipinski definition) is 4. The van der Waals surface area contributed by atoms with Crippen LogP contribution >= 0.6 is 0 Å². The van der Waals surface area contributed by atoms with Gasteiger partial charge in [-0.05, 0) is 23.8 Å². The molecule has 11 heteroatoms. The lowest BCUT2D eigenvalue weighted by Crippen LogP contribution is -2.53. The molecule has 1 fully saturated rings. The third-order valence-corrected chi connectivity index (χ3v) is 6.04. The van der Waals surface area contributed by atoms with Crippen LogP contribution in [-0.4, -0.2) is 60.2 Å². The average Bonchev–Trinajstić information content (AvgIpc) is 2.91. The number of hydrogen-bond donors (Lipinski definition) is 1. The van der Waals surface area contributed by atoms with Crippen LogP contribution < -0.4 is 10.0 Å². The Balaban J connectivity index is 1.36. The molecular weight excluding hydrogens is 489 g/mol. The molecule has 8 nitrogen and oxygen atoms in total. The fourth-order valence-electron chi connectivity index (χ4n) is 4.16. The highest BCUT2D eigenvalue weighted by Crippen LogP contribution is 2.32. The number of carbonyl (C=O) groups excluding carboxylic acids is 3. The number of nitrogens with one attached hydrogen (secondary N) is 1. The lowest BCUT2D eigenvalue weighted by atomic mass is 10.0. The van der Waals surface area contributed by atoms with Crippen molar-refractivity contribution >= 4 is 17.7 Å². The summed E-state index contributed by atoms with van der Waals surface area (Å²) < 4.78 is 40.3. The van der Waals surface area contributed by atoms with Crippen LogP contribution in [0.5, 0.6) is 0 Å². The molecule has 0 radical (unpaired) electrons. The maximum Gasteiger partial charge on any atom is 0.417 e. The van der Waals surface area contributed by atoms with Gasteiger partial charge >= 0.3 is 12.1 Å². The van der Waals surface area contributed by atoms with Crippen LogP contribution in [0.3, 0.4) is 0 Å². The molecular formula is C26H23F3N4O4. The second-order valence-corrected chi connectivity index (χ2v) is 8.36. The number of piperazine rings is 1. The summed E-state index contributed by atoms with van der Waals surface area (Å²) in [6.07, 6.45) is -3.47. The first-order chi connectivity index (χ1) is 17.7. The van der Waals surface area contributed by atoms with Crippen LogP contribution in [0.1, 0.15) is 26.4 Å². The van der Waals surface area contributed by atoms with Crippen molar-refractivity contribution in [3.8, 4) is 11.1 Å². The first-order valence-electron chi connectivity index (χ1n) is 11.5. The van der Waals surface area contributed by atoms with Gasteiger partial charge in [-0.2, -0.15) is 17.9 Å². The summed E-state index contributed by atoms with van der Waals surface area (Å²) >= 11 is 0. The zero-order valence-corrected chi connectivity index (χ0v) is 19.6. The normalized spacial score (nSPS) is 13.8. The van der Waals surface area contributed by atoms with Crippen molar-refractivity contribution in [3.05, 3.63) is 95.0 Å². The van der Waals surface area contributed by atoms with E-state index in [1.165, 1.54) is 34.2 Å². The smallest absolute Gasteiger partial charge is 0.417 e. The Labute approximate surface area is 210 Å². The third-order valence-electron chi connectivity index (χ3n) is 6.04. The third kappa shape index (κ3) is 5.71. The van der Waals surface area contributed by atoms with Crippen LogP contribution in [-0.2, 0) is 11.0 Å². The molecule has 1 saturated heterocycles. The van der Waals surface area contributed by atoms with Gasteiger partial charge in [-0.1, -0.05) is 42.5 Å². The molecule has 37 heavy (non-hydrogen) atoms. The topological polar surface area (TPSA) is 96.7 Å². The monoisotopic (exact) mass is 512 g/mol. The highest BCUT2D eigenvalue weighted by atomic mass is 19.4. The van der Waals surface area contributed by atoms with E-state index in [2.05, 4.69) is 5.32 Å². The first-order valence-corrected chi connectivity index (χ1v) is 11.5. The van der Waals surface area contributed by atoms with Gasteiger partial charge in [0.15, 0.2) is 6.20 Å². The second-order valence-electron chi connectivity index (χ2n) is 8.36. The zero-order valence-electron chi connectivity index (χ0n) is 19.6. The summed E-state index contributed by atoms with van der Waals surface area (Å²) in [7, 11) is 0. The second kappa shape index (κ2) is 10.7. The predicted molar refractivity (Wildman–Crippen MR) is 127 cm³/mol. The van der Waals surface area contributed by atoms with Gasteiger partial charge in [-0.3, -0.25) is 14.4 Å². The van der Waals surface area contributed by atoms with Crippen molar-refractivity contribution in [2.24, 2.45) is 0 Å². The van der Waals surface area contributed by atoms with Gasteiger partial charge in [-0.25, -0.2) is 0 Å². The van der Waals surface area contributed by atoms with Gasteiger partial charge in [-0.15, -0.1) is 0 Å². The number of amides is 3. The van der Waals surface area contributed by atoms with Crippen molar-refractivity contribution in [1.29, 1.82) is 0 Å². The van der Waals surface area contributed by atoms with Crippen LogP contribution in [0.4, 0.5) is 13.2 Å². The molecule has 0 atom stereocenters. The van der Waals surface area contributed by atoms with Crippen molar-refractivity contribution in [1.82, 2.24) is 15.1 Å². The van der Waals surface area contributed by atoms with Gasteiger partial charge in [0.1, 0.15) is 0 Å². The summed E-state index contributed by atoms with van der Waals surface area (Å²) in [5.74, 6) is -1.92. The van der Waals surface area contributed by atoms with Gasteiger partial charge in [0.2, 0.25) is 5.91 Å². The standard InChI is InChI=1S/C26H23F3N4O4/c27-26(28,29)21-11-5-4-9-20(21)25(36)32-15-13-31(14-16-32)22(34)17-30-24(35)23-19(10-6-12-33(23)37)18-7-2-1-3-8-18/h1-12H,13-17H2,(H,30,35). The molecule has 1 N–H and O–H groups in total. The van der Waals surface area contributed by atoms with Crippen LogP contribution in [0.15, 0.2) is 72.9 Å². The van der Waals surface area contributed by atoms with Gasteiger partial charge in [0.05, 0.1) is 23.2 Å². The number of rotatable bonds is 5. The lowest BCUT2D eigenvalue weighted by molar-refractivity contribution is -0.607. The Morgan fingerprint density at radius 3 is 2.16 bits per heavy atom. The molecule has 2 heterocycles. The highest BCUT2D eigenvalue weighted by Gasteiger charge is 2.36. The SMILES string of the molecule is O=C(NCC(=O)N1CCN(C(=O)c2ccccc2C(F)(F)F)CC1)c1c(-c2ccccc2)ccc[n+]1[O-]. The summed E-state index contributed by atoms with van der Waals surface area (Å²) in [5, 5.41) is 14.8. The van der Waals surface area contributed by atoms with E-state index in [0.29, 0.717) is 15.9 Å². The molecule has 1 aromatic heterocycles. The van der Waals surface area contributed by atoms with Crippen LogP contribution in [0, 0.1) is 5.21 Å². The molecule has 0 aliphatic carbocycles. The Bertz CT molecular complexity index is 1310. The predicted octanol–water partition coefficient (Wildman–Crippen LogP) is 2.72. The molecule has 0 spiro atoms. The Morgan fingerprint density at radius 1 is 0.865 bits per heavy atom. The van der Waals surface area contributed by atoms with E-state index in [0.717, 1.165) is 12.1 Å². The molecule has 0 saturated carbocycles. The van der Waals surface area contributed by atoms with E-state index in [-0.39, 0.29) is 38.4 Å². The maximum atomic E-state index is 13.3. The molecule has 2 aromatic carbocycles. The number of nitrogens with zero attached hydrogens (tertiary/aromatic N) is 3. The number of aromatic nitrogens is 1. The number of pyridine rings is 1. The summed E-state index contributed by atoms with van der Waals surface area (Å²) in [6.45, 7) is -0.107. The van der Waals surface area contributed by atoms with E-state index < -0.39 is 35.0 Å². The fraction of sp³-hybridized carbons (Fsp3) is 0.231. The van der Waals surface area contributed by atoms with Crippen molar-refractivity contribution < 1.29 is 32.3 Å².